The lowest BCUT2D eigenvalue weighted by Crippen LogP contribution is -2.46. The average molecular weight is 456 g/mol. The second-order valence-corrected chi connectivity index (χ2v) is 9.70. The molecule has 0 unspecified atom stereocenters. The Morgan fingerprint density at radius 3 is 2.53 bits per heavy atom. The van der Waals surface area contributed by atoms with Gasteiger partial charge in [0.15, 0.2) is 0 Å². The first kappa shape index (κ1) is 21.4. The molecule has 1 saturated carbocycles. The van der Waals surface area contributed by atoms with E-state index in [0.29, 0.717) is 12.0 Å². The van der Waals surface area contributed by atoms with Crippen LogP contribution < -0.4 is 10.2 Å². The van der Waals surface area contributed by atoms with Crippen molar-refractivity contribution in [2.45, 2.75) is 45.6 Å². The van der Waals surface area contributed by atoms with Crippen LogP contribution in [-0.4, -0.2) is 57.1 Å². The fourth-order valence-corrected chi connectivity index (χ4v) is 5.65. The normalized spacial score (nSPS) is 17.8. The van der Waals surface area contributed by atoms with Gasteiger partial charge < -0.3 is 19.7 Å². The van der Waals surface area contributed by atoms with Gasteiger partial charge in [-0.25, -0.2) is 15.0 Å². The average Bonchev–Trinajstić information content (AvgIpc) is 3.54. The third-order valence-corrected chi connectivity index (χ3v) is 7.63. The van der Waals surface area contributed by atoms with Crippen molar-refractivity contribution in [3.05, 3.63) is 48.4 Å². The van der Waals surface area contributed by atoms with Gasteiger partial charge in [0.1, 0.15) is 11.3 Å². The van der Waals surface area contributed by atoms with E-state index >= 15 is 0 Å². The molecular weight excluding hydrogens is 422 g/mol. The van der Waals surface area contributed by atoms with Crippen LogP contribution in [0.4, 0.5) is 17.5 Å². The minimum atomic E-state index is 0.575. The minimum absolute atomic E-state index is 0.575. The molecule has 0 atom stereocenters. The Hall–Kier alpha value is -3.19. The fraction of sp³-hybridized carbons (Fsp3) is 0.444. The van der Waals surface area contributed by atoms with Gasteiger partial charge in [-0.2, -0.15) is 0 Å². The third kappa shape index (κ3) is 3.88. The second kappa shape index (κ2) is 8.87. The molecule has 176 valence electrons. The van der Waals surface area contributed by atoms with Gasteiger partial charge in [0, 0.05) is 55.4 Å². The van der Waals surface area contributed by atoms with E-state index in [4.69, 9.17) is 9.97 Å². The zero-order chi connectivity index (χ0) is 23.1. The smallest absolute Gasteiger partial charge is 0.228 e. The Balaban J connectivity index is 1.28. The summed E-state index contributed by atoms with van der Waals surface area (Å²) in [6, 6.07) is 9.20. The Labute approximate surface area is 200 Å². The predicted molar refractivity (Wildman–Crippen MR) is 139 cm³/mol. The molecule has 3 aromatic heterocycles. The number of pyridine rings is 1. The molecule has 7 heteroatoms. The summed E-state index contributed by atoms with van der Waals surface area (Å²) in [5.41, 5.74) is 4.67. The summed E-state index contributed by atoms with van der Waals surface area (Å²) in [5, 5.41) is 5.67. The molecule has 1 aromatic carbocycles. The summed E-state index contributed by atoms with van der Waals surface area (Å²) in [6.07, 6.45) is 11.3. The Morgan fingerprint density at radius 2 is 1.76 bits per heavy atom. The first-order valence-corrected chi connectivity index (χ1v) is 12.7. The lowest BCUT2D eigenvalue weighted by Gasteiger charge is -2.36. The SMILES string of the molecule is CCN1CCN(c2cnc(Nc3ncc4ccc5ccn(C6CCCC6)c5c4n3)cc2C)CC1. The molecule has 1 aliphatic carbocycles. The van der Waals surface area contributed by atoms with Crippen LogP contribution in [0, 0.1) is 6.92 Å². The quantitative estimate of drug-likeness (QED) is 0.441. The number of nitrogens with one attached hydrogen (secondary N) is 1. The largest absolute Gasteiger partial charge is 0.368 e. The van der Waals surface area contributed by atoms with Crippen LogP contribution in [0.1, 0.15) is 44.2 Å². The van der Waals surface area contributed by atoms with E-state index in [-0.39, 0.29) is 0 Å². The van der Waals surface area contributed by atoms with Gasteiger partial charge >= 0.3 is 0 Å². The minimum Gasteiger partial charge on any atom is -0.368 e. The van der Waals surface area contributed by atoms with Crippen molar-refractivity contribution >= 4 is 39.3 Å². The van der Waals surface area contributed by atoms with E-state index in [2.05, 4.69) is 69.0 Å². The molecule has 2 aliphatic rings. The van der Waals surface area contributed by atoms with Crippen LogP contribution in [-0.2, 0) is 0 Å². The van der Waals surface area contributed by atoms with Crippen LogP contribution in [0.2, 0.25) is 0 Å². The van der Waals surface area contributed by atoms with Gasteiger partial charge in [-0.1, -0.05) is 31.9 Å². The van der Waals surface area contributed by atoms with Crippen LogP contribution in [0.15, 0.2) is 42.9 Å². The maximum absolute atomic E-state index is 4.96. The fourth-order valence-electron chi connectivity index (χ4n) is 5.65. The molecule has 2 fully saturated rings. The van der Waals surface area contributed by atoms with Crippen molar-refractivity contribution in [3.63, 3.8) is 0 Å². The second-order valence-electron chi connectivity index (χ2n) is 9.70. The van der Waals surface area contributed by atoms with E-state index in [1.165, 1.54) is 47.8 Å². The molecule has 0 radical (unpaired) electrons. The number of hydrogen-bond acceptors (Lipinski definition) is 6. The standard InChI is InChI=1S/C27H33N7/c1-3-32-12-14-33(15-13-32)23-18-28-24(16-19(23)2)30-27-29-17-21-9-8-20-10-11-34(22-6-4-5-7-22)26(20)25(21)31-27/h8-11,16-18,22H,3-7,12-15H2,1-2H3,(H,28,29,30,31). The summed E-state index contributed by atoms with van der Waals surface area (Å²) >= 11 is 0. The number of aromatic nitrogens is 4. The van der Waals surface area contributed by atoms with Gasteiger partial charge in [0.25, 0.3) is 0 Å². The number of benzene rings is 1. The molecular formula is C27H33N7. The van der Waals surface area contributed by atoms with Crippen molar-refractivity contribution in [1.29, 1.82) is 0 Å². The van der Waals surface area contributed by atoms with Crippen LogP contribution >= 0.6 is 0 Å². The van der Waals surface area contributed by atoms with Gasteiger partial charge in [-0.3, -0.25) is 0 Å². The number of nitrogens with zero attached hydrogens (tertiary/aromatic N) is 6. The van der Waals surface area contributed by atoms with Crippen molar-refractivity contribution < 1.29 is 0 Å². The number of fused-ring (bicyclic) bond motifs is 3. The van der Waals surface area contributed by atoms with E-state index in [1.54, 1.807) is 0 Å². The summed E-state index contributed by atoms with van der Waals surface area (Å²) in [4.78, 5) is 19.2. The number of likely N-dealkylation sites (N-methyl/N-ethyl adjacent to an activating group) is 1. The van der Waals surface area contributed by atoms with Crippen molar-refractivity contribution in [1.82, 2.24) is 24.4 Å². The number of hydrogen-bond donors (Lipinski definition) is 1. The predicted octanol–water partition coefficient (Wildman–Crippen LogP) is 5.29. The van der Waals surface area contributed by atoms with E-state index in [9.17, 15) is 0 Å². The van der Waals surface area contributed by atoms with E-state index in [1.807, 2.05) is 12.4 Å². The van der Waals surface area contributed by atoms with Crippen molar-refractivity contribution in [2.24, 2.45) is 0 Å². The molecule has 6 rings (SSSR count). The summed E-state index contributed by atoms with van der Waals surface area (Å²) in [6.45, 7) is 9.83. The number of rotatable bonds is 5. The maximum Gasteiger partial charge on any atom is 0.228 e. The summed E-state index contributed by atoms with van der Waals surface area (Å²) in [5.74, 6) is 1.38. The van der Waals surface area contributed by atoms with Gasteiger partial charge in [0.05, 0.1) is 17.4 Å². The molecule has 4 aromatic rings. The highest BCUT2D eigenvalue weighted by Gasteiger charge is 2.20. The van der Waals surface area contributed by atoms with E-state index in [0.717, 1.165) is 49.4 Å². The Kier molecular flexibility index (Phi) is 5.57. The molecule has 1 saturated heterocycles. The number of aryl methyl sites for hydroxylation is 1. The molecule has 1 N–H and O–H groups in total. The molecule has 0 amide bonds. The van der Waals surface area contributed by atoms with Gasteiger partial charge in [0.2, 0.25) is 5.95 Å². The van der Waals surface area contributed by atoms with Crippen molar-refractivity contribution in [3.8, 4) is 0 Å². The number of anilines is 3. The molecule has 0 spiro atoms. The van der Waals surface area contributed by atoms with E-state index < -0.39 is 0 Å². The summed E-state index contributed by atoms with van der Waals surface area (Å²) < 4.78 is 2.44. The first-order valence-electron chi connectivity index (χ1n) is 12.7. The maximum atomic E-state index is 4.96. The zero-order valence-corrected chi connectivity index (χ0v) is 20.2. The molecule has 1 aliphatic heterocycles. The molecule has 34 heavy (non-hydrogen) atoms. The topological polar surface area (TPSA) is 62.1 Å². The Morgan fingerprint density at radius 1 is 0.971 bits per heavy atom. The van der Waals surface area contributed by atoms with Crippen LogP contribution in [0.5, 0.6) is 0 Å². The molecule has 4 heterocycles. The lowest BCUT2D eigenvalue weighted by molar-refractivity contribution is 0.271. The first-order chi connectivity index (χ1) is 16.7. The van der Waals surface area contributed by atoms with Gasteiger partial charge in [-0.15, -0.1) is 0 Å². The lowest BCUT2D eigenvalue weighted by atomic mass is 10.1. The summed E-state index contributed by atoms with van der Waals surface area (Å²) in [7, 11) is 0. The third-order valence-electron chi connectivity index (χ3n) is 7.63. The van der Waals surface area contributed by atoms with Crippen molar-refractivity contribution in [2.75, 3.05) is 42.9 Å². The monoisotopic (exact) mass is 455 g/mol. The zero-order valence-electron chi connectivity index (χ0n) is 20.2. The Bertz CT molecular complexity index is 1310. The highest BCUT2D eigenvalue weighted by Crippen LogP contribution is 2.35. The van der Waals surface area contributed by atoms with Gasteiger partial charge in [-0.05, 0) is 44.0 Å². The van der Waals surface area contributed by atoms with Crippen LogP contribution in [0.3, 0.4) is 0 Å². The number of piperazine rings is 1. The van der Waals surface area contributed by atoms with Crippen LogP contribution in [0.25, 0.3) is 21.8 Å². The molecule has 7 nitrogen and oxygen atoms in total. The highest BCUT2D eigenvalue weighted by molar-refractivity contribution is 6.03. The highest BCUT2D eigenvalue weighted by atomic mass is 15.3. The molecule has 0 bridgehead atoms.